The van der Waals surface area contributed by atoms with Crippen LogP contribution in [0, 0.1) is 17.3 Å². The summed E-state index contributed by atoms with van der Waals surface area (Å²) in [5.74, 6) is 0.634. The number of para-hydroxylation sites is 1. The second kappa shape index (κ2) is 6.01. The number of ether oxygens (including phenoxy) is 1. The molecule has 0 N–H and O–H groups in total. The fourth-order valence-corrected chi connectivity index (χ4v) is 6.25. The van der Waals surface area contributed by atoms with Crippen LogP contribution >= 0.6 is 11.6 Å². The predicted molar refractivity (Wildman–Crippen MR) is 96.5 cm³/mol. The molecule has 1 amide bonds. The SMILES string of the molecule is CN(C(=O)COC(=O)C12C[C@H]3C[C@@H](CC(Cl)(C3)C1)C2)c1ccccc1. The van der Waals surface area contributed by atoms with E-state index in [2.05, 4.69) is 0 Å². The number of halogens is 1. The minimum Gasteiger partial charge on any atom is -0.455 e. The molecular weight excluding hydrogens is 338 g/mol. The lowest BCUT2D eigenvalue weighted by atomic mass is 9.49. The van der Waals surface area contributed by atoms with Crippen LogP contribution in [0.2, 0.25) is 0 Å². The lowest BCUT2D eigenvalue weighted by Gasteiger charge is -2.58. The maximum atomic E-state index is 12.9. The Hall–Kier alpha value is -1.55. The molecule has 0 saturated heterocycles. The third-order valence-corrected chi connectivity index (χ3v) is 6.71. The van der Waals surface area contributed by atoms with Crippen molar-refractivity contribution >= 4 is 29.2 Å². The Morgan fingerprint density at radius 1 is 1.16 bits per heavy atom. The first kappa shape index (κ1) is 16.9. The highest BCUT2D eigenvalue weighted by Gasteiger charge is 2.60. The maximum absolute atomic E-state index is 12.9. The Balaban J connectivity index is 1.40. The molecule has 4 fully saturated rings. The lowest BCUT2D eigenvalue weighted by molar-refractivity contribution is -0.171. The van der Waals surface area contributed by atoms with E-state index in [4.69, 9.17) is 16.3 Å². The average Bonchev–Trinajstić information content (AvgIpc) is 2.57. The van der Waals surface area contributed by atoms with Crippen LogP contribution in [0.25, 0.3) is 0 Å². The summed E-state index contributed by atoms with van der Waals surface area (Å²) in [6.45, 7) is -0.212. The van der Waals surface area contributed by atoms with Crippen molar-refractivity contribution in [1.82, 2.24) is 0 Å². The summed E-state index contributed by atoms with van der Waals surface area (Å²) in [5.41, 5.74) is 0.329. The van der Waals surface area contributed by atoms with Gasteiger partial charge in [0.1, 0.15) is 0 Å². The zero-order chi connectivity index (χ0) is 17.7. The first-order valence-electron chi connectivity index (χ1n) is 9.07. The first-order chi connectivity index (χ1) is 11.9. The molecule has 1 aromatic carbocycles. The molecule has 0 radical (unpaired) electrons. The molecule has 4 aliphatic carbocycles. The molecule has 0 aliphatic heterocycles. The number of hydrogen-bond acceptors (Lipinski definition) is 3. The zero-order valence-corrected chi connectivity index (χ0v) is 15.3. The van der Waals surface area contributed by atoms with Gasteiger partial charge in [-0.15, -0.1) is 11.6 Å². The molecule has 4 saturated carbocycles. The number of rotatable bonds is 4. The molecule has 4 nitrogen and oxygen atoms in total. The van der Waals surface area contributed by atoms with Crippen molar-refractivity contribution in [3.63, 3.8) is 0 Å². The van der Waals surface area contributed by atoms with Gasteiger partial charge in [-0.3, -0.25) is 9.59 Å². The van der Waals surface area contributed by atoms with E-state index >= 15 is 0 Å². The maximum Gasteiger partial charge on any atom is 0.312 e. The van der Waals surface area contributed by atoms with Crippen LogP contribution in [-0.2, 0) is 14.3 Å². The van der Waals surface area contributed by atoms with E-state index < -0.39 is 5.41 Å². The van der Waals surface area contributed by atoms with Crippen molar-refractivity contribution in [3.05, 3.63) is 30.3 Å². The molecule has 0 unspecified atom stereocenters. The van der Waals surface area contributed by atoms with Crippen LogP contribution in [0.15, 0.2) is 30.3 Å². The van der Waals surface area contributed by atoms with Crippen molar-refractivity contribution in [2.45, 2.75) is 43.4 Å². The molecule has 4 bridgehead atoms. The fraction of sp³-hybridized carbons (Fsp3) is 0.600. The van der Waals surface area contributed by atoms with Crippen molar-refractivity contribution in [2.24, 2.45) is 17.3 Å². The Labute approximate surface area is 153 Å². The van der Waals surface area contributed by atoms with Crippen molar-refractivity contribution in [2.75, 3.05) is 18.6 Å². The largest absolute Gasteiger partial charge is 0.455 e. The quantitative estimate of drug-likeness (QED) is 0.605. The second-order valence-electron chi connectivity index (χ2n) is 8.26. The molecule has 25 heavy (non-hydrogen) atoms. The number of anilines is 1. The van der Waals surface area contributed by atoms with Gasteiger partial charge in [-0.05, 0) is 62.5 Å². The molecule has 0 heterocycles. The lowest BCUT2D eigenvalue weighted by Crippen LogP contribution is -2.56. The highest BCUT2D eigenvalue weighted by molar-refractivity contribution is 6.24. The minimum atomic E-state index is -0.461. The van der Waals surface area contributed by atoms with Gasteiger partial charge in [-0.1, -0.05) is 18.2 Å². The molecule has 4 aliphatic rings. The van der Waals surface area contributed by atoms with Gasteiger partial charge in [-0.2, -0.15) is 0 Å². The van der Waals surface area contributed by atoms with E-state index in [-0.39, 0.29) is 23.4 Å². The number of likely N-dealkylation sites (N-methyl/N-ethyl adjacent to an activating group) is 1. The van der Waals surface area contributed by atoms with Crippen molar-refractivity contribution in [1.29, 1.82) is 0 Å². The number of benzene rings is 1. The summed E-state index contributed by atoms with van der Waals surface area (Å²) in [6.07, 6.45) is 5.69. The molecular formula is C20H24ClNO3. The number of carbonyl (C=O) groups excluding carboxylic acids is 2. The van der Waals surface area contributed by atoms with Crippen LogP contribution in [0.1, 0.15) is 38.5 Å². The highest BCUT2D eigenvalue weighted by atomic mass is 35.5. The Bertz CT molecular complexity index is 675. The Morgan fingerprint density at radius 2 is 1.80 bits per heavy atom. The average molecular weight is 362 g/mol. The third-order valence-electron chi connectivity index (χ3n) is 6.27. The highest BCUT2D eigenvalue weighted by Crippen LogP contribution is 2.64. The number of hydrogen-bond donors (Lipinski definition) is 0. The van der Waals surface area contributed by atoms with E-state index in [0.717, 1.165) is 31.4 Å². The standard InChI is InChI=1S/C20H24ClNO3/c1-22(16-5-3-2-4-6-16)17(23)12-25-18(24)19-8-14-7-15(9-19)11-20(21,10-14)13-19/h2-6,14-15H,7-13H2,1H3/t14-,15-,19?,20?/m1/s1. The summed E-state index contributed by atoms with van der Waals surface area (Å²) in [7, 11) is 1.70. The van der Waals surface area contributed by atoms with E-state index in [1.165, 1.54) is 11.3 Å². The fourth-order valence-electron chi connectivity index (χ4n) is 5.56. The van der Waals surface area contributed by atoms with Gasteiger partial charge in [0.25, 0.3) is 5.91 Å². The number of nitrogens with zero attached hydrogens (tertiary/aromatic N) is 1. The molecule has 0 aromatic heterocycles. The number of amides is 1. The van der Waals surface area contributed by atoms with Gasteiger partial charge in [-0.25, -0.2) is 0 Å². The van der Waals surface area contributed by atoms with Crippen molar-refractivity contribution in [3.8, 4) is 0 Å². The van der Waals surface area contributed by atoms with E-state index in [9.17, 15) is 9.59 Å². The van der Waals surface area contributed by atoms with Gasteiger partial charge < -0.3 is 9.64 Å². The Kier molecular flexibility index (Phi) is 4.06. The minimum absolute atomic E-state index is 0.212. The topological polar surface area (TPSA) is 46.6 Å². The van der Waals surface area contributed by atoms with Gasteiger partial charge in [0.05, 0.1) is 5.41 Å². The monoisotopic (exact) mass is 361 g/mol. The van der Waals surface area contributed by atoms with Gasteiger partial charge in [0.15, 0.2) is 6.61 Å². The van der Waals surface area contributed by atoms with Crippen LogP contribution < -0.4 is 4.90 Å². The van der Waals surface area contributed by atoms with Crippen LogP contribution in [0.4, 0.5) is 5.69 Å². The Morgan fingerprint density at radius 3 is 2.40 bits per heavy atom. The second-order valence-corrected chi connectivity index (χ2v) is 9.06. The molecule has 134 valence electrons. The predicted octanol–water partition coefficient (Wildman–Crippen LogP) is 3.77. The van der Waals surface area contributed by atoms with Crippen molar-refractivity contribution < 1.29 is 14.3 Å². The summed E-state index contributed by atoms with van der Waals surface area (Å²) >= 11 is 6.77. The first-order valence-corrected chi connectivity index (χ1v) is 9.45. The summed E-state index contributed by atoms with van der Waals surface area (Å²) in [5, 5.41) is 0. The van der Waals surface area contributed by atoms with E-state index in [1.54, 1.807) is 7.05 Å². The number of esters is 1. The molecule has 5 rings (SSSR count). The van der Waals surface area contributed by atoms with Gasteiger partial charge >= 0.3 is 5.97 Å². The van der Waals surface area contributed by atoms with E-state index in [0.29, 0.717) is 18.3 Å². The summed E-state index contributed by atoms with van der Waals surface area (Å²) in [6, 6.07) is 9.37. The summed E-state index contributed by atoms with van der Waals surface area (Å²) in [4.78, 5) is 26.5. The normalized spacial score (nSPS) is 35.4. The summed E-state index contributed by atoms with van der Waals surface area (Å²) < 4.78 is 5.49. The molecule has 2 atom stereocenters. The third kappa shape index (κ3) is 3.05. The van der Waals surface area contributed by atoms with Gasteiger partial charge in [0.2, 0.25) is 0 Å². The number of alkyl halides is 1. The van der Waals surface area contributed by atoms with E-state index in [1.807, 2.05) is 30.3 Å². The number of carbonyl (C=O) groups is 2. The molecule has 1 aromatic rings. The molecule has 0 spiro atoms. The van der Waals surface area contributed by atoms with Gasteiger partial charge in [0, 0.05) is 17.6 Å². The van der Waals surface area contributed by atoms with Crippen LogP contribution in [0.5, 0.6) is 0 Å². The zero-order valence-electron chi connectivity index (χ0n) is 14.5. The molecule has 5 heteroatoms. The smallest absolute Gasteiger partial charge is 0.312 e. The van der Waals surface area contributed by atoms with Crippen LogP contribution in [-0.4, -0.2) is 30.4 Å². The van der Waals surface area contributed by atoms with Crippen LogP contribution in [0.3, 0.4) is 0 Å².